The van der Waals surface area contributed by atoms with Crippen LogP contribution in [0.5, 0.6) is 5.75 Å². The van der Waals surface area contributed by atoms with Crippen molar-refractivity contribution in [2.75, 3.05) is 20.2 Å². The Labute approximate surface area is 108 Å². The van der Waals surface area contributed by atoms with E-state index in [2.05, 4.69) is 17.0 Å². The molecule has 5 heteroatoms. The van der Waals surface area contributed by atoms with E-state index in [9.17, 15) is 0 Å². The van der Waals surface area contributed by atoms with Gasteiger partial charge in [0.2, 0.25) is 0 Å². The number of benzene rings is 1. The summed E-state index contributed by atoms with van der Waals surface area (Å²) in [6.45, 7) is 4.64. The fourth-order valence-corrected chi connectivity index (χ4v) is 1.66. The monoisotopic (exact) mass is 251 g/mol. The summed E-state index contributed by atoms with van der Waals surface area (Å²) in [7, 11) is 1.66. The lowest BCUT2D eigenvalue weighted by Gasteiger charge is -2.20. The summed E-state index contributed by atoms with van der Waals surface area (Å²) in [6, 6.07) is 8.00. The average molecular weight is 251 g/mol. The van der Waals surface area contributed by atoms with Crippen LogP contribution in [0.1, 0.15) is 18.9 Å². The molecule has 1 aromatic carbocycles. The lowest BCUT2D eigenvalue weighted by Crippen LogP contribution is -2.27. The van der Waals surface area contributed by atoms with Gasteiger partial charge in [0.15, 0.2) is 0 Å². The van der Waals surface area contributed by atoms with Crippen LogP contribution in [0.15, 0.2) is 29.4 Å². The van der Waals surface area contributed by atoms with Crippen LogP contribution in [0.2, 0.25) is 0 Å². The predicted octanol–water partition coefficient (Wildman–Crippen LogP) is 1.65. The van der Waals surface area contributed by atoms with Crippen molar-refractivity contribution in [2.24, 2.45) is 10.9 Å². The molecule has 0 aromatic heterocycles. The molecule has 0 saturated heterocycles. The SMILES string of the molecule is CCN(CC/C(N)=N/O)Cc1ccc(OC)cc1. The molecule has 5 nitrogen and oxygen atoms in total. The summed E-state index contributed by atoms with van der Waals surface area (Å²) in [5, 5.41) is 11.5. The van der Waals surface area contributed by atoms with Gasteiger partial charge in [-0.05, 0) is 24.2 Å². The second-order valence-electron chi connectivity index (χ2n) is 4.06. The molecule has 3 N–H and O–H groups in total. The van der Waals surface area contributed by atoms with Crippen molar-refractivity contribution >= 4 is 5.84 Å². The van der Waals surface area contributed by atoms with Gasteiger partial charge in [-0.2, -0.15) is 0 Å². The molecular formula is C13H21N3O2. The number of oxime groups is 1. The number of hydrogen-bond acceptors (Lipinski definition) is 4. The highest BCUT2D eigenvalue weighted by atomic mass is 16.5. The van der Waals surface area contributed by atoms with Crippen molar-refractivity contribution in [1.29, 1.82) is 0 Å². The maximum absolute atomic E-state index is 8.50. The Kier molecular flexibility index (Phi) is 6.00. The molecule has 18 heavy (non-hydrogen) atoms. The van der Waals surface area contributed by atoms with Crippen LogP contribution < -0.4 is 10.5 Å². The number of nitrogens with zero attached hydrogens (tertiary/aromatic N) is 2. The molecule has 0 aliphatic heterocycles. The first-order valence-corrected chi connectivity index (χ1v) is 6.01. The molecular weight excluding hydrogens is 230 g/mol. The Morgan fingerprint density at radius 1 is 1.39 bits per heavy atom. The van der Waals surface area contributed by atoms with Crippen LogP contribution in [0.25, 0.3) is 0 Å². The third kappa shape index (κ3) is 4.63. The standard InChI is InChI=1S/C13H21N3O2/c1-3-16(9-8-13(14)15-17)10-11-4-6-12(18-2)7-5-11/h4-7,17H,3,8-10H2,1-2H3,(H2,14,15). The lowest BCUT2D eigenvalue weighted by atomic mass is 10.2. The average Bonchev–Trinajstić information content (AvgIpc) is 2.43. The van der Waals surface area contributed by atoms with Crippen LogP contribution in [0, 0.1) is 0 Å². The summed E-state index contributed by atoms with van der Waals surface area (Å²) < 4.78 is 5.12. The maximum Gasteiger partial charge on any atom is 0.140 e. The van der Waals surface area contributed by atoms with Crippen molar-refractivity contribution in [2.45, 2.75) is 19.9 Å². The molecule has 0 fully saturated rings. The van der Waals surface area contributed by atoms with Gasteiger partial charge in [-0.1, -0.05) is 24.2 Å². The first-order chi connectivity index (χ1) is 8.69. The molecule has 0 radical (unpaired) electrons. The fraction of sp³-hybridized carbons (Fsp3) is 0.462. The maximum atomic E-state index is 8.50. The van der Waals surface area contributed by atoms with Crippen molar-refractivity contribution in [3.05, 3.63) is 29.8 Å². The first-order valence-electron chi connectivity index (χ1n) is 6.01. The molecule has 0 aliphatic carbocycles. The van der Waals surface area contributed by atoms with E-state index < -0.39 is 0 Å². The number of hydrogen-bond donors (Lipinski definition) is 2. The highest BCUT2D eigenvalue weighted by Crippen LogP contribution is 2.13. The summed E-state index contributed by atoms with van der Waals surface area (Å²) in [4.78, 5) is 2.24. The van der Waals surface area contributed by atoms with Crippen LogP contribution in [0.4, 0.5) is 0 Å². The number of amidine groups is 1. The minimum absolute atomic E-state index is 0.267. The molecule has 0 spiro atoms. The highest BCUT2D eigenvalue weighted by Gasteiger charge is 2.05. The van der Waals surface area contributed by atoms with Crippen LogP contribution >= 0.6 is 0 Å². The Bertz CT molecular complexity index is 376. The third-order valence-corrected chi connectivity index (χ3v) is 2.83. The molecule has 0 saturated carbocycles. The zero-order valence-electron chi connectivity index (χ0n) is 11.0. The topological polar surface area (TPSA) is 71.1 Å². The molecule has 1 rings (SSSR count). The van der Waals surface area contributed by atoms with Gasteiger partial charge < -0.3 is 15.7 Å². The highest BCUT2D eigenvalue weighted by molar-refractivity contribution is 5.79. The summed E-state index contributed by atoms with van der Waals surface area (Å²) in [5.41, 5.74) is 6.68. The molecule has 0 unspecified atom stereocenters. The van der Waals surface area contributed by atoms with Crippen molar-refractivity contribution in [3.8, 4) is 5.75 Å². The molecule has 0 bridgehead atoms. The van der Waals surface area contributed by atoms with E-state index >= 15 is 0 Å². The van der Waals surface area contributed by atoms with Crippen LogP contribution in [-0.4, -0.2) is 36.1 Å². The second-order valence-corrected chi connectivity index (χ2v) is 4.06. The summed E-state index contributed by atoms with van der Waals surface area (Å²) in [5.74, 6) is 1.13. The van der Waals surface area contributed by atoms with Gasteiger partial charge in [-0.3, -0.25) is 4.90 Å². The van der Waals surface area contributed by atoms with Gasteiger partial charge in [-0.25, -0.2) is 0 Å². The van der Waals surface area contributed by atoms with Crippen LogP contribution in [0.3, 0.4) is 0 Å². The first kappa shape index (κ1) is 14.3. The van der Waals surface area contributed by atoms with Crippen molar-refractivity contribution in [3.63, 3.8) is 0 Å². The molecule has 100 valence electrons. The zero-order valence-corrected chi connectivity index (χ0v) is 11.0. The number of rotatable bonds is 7. The van der Waals surface area contributed by atoms with Crippen molar-refractivity contribution in [1.82, 2.24) is 4.90 Å². The molecule has 0 aliphatic rings. The van der Waals surface area contributed by atoms with E-state index in [1.165, 1.54) is 5.56 Å². The van der Waals surface area contributed by atoms with E-state index in [-0.39, 0.29) is 5.84 Å². The number of ether oxygens (including phenoxy) is 1. The quantitative estimate of drug-likeness (QED) is 0.334. The molecule has 0 amide bonds. The van der Waals surface area contributed by atoms with E-state index in [0.29, 0.717) is 6.42 Å². The van der Waals surface area contributed by atoms with Gasteiger partial charge in [0.25, 0.3) is 0 Å². The van der Waals surface area contributed by atoms with E-state index in [4.69, 9.17) is 15.7 Å². The van der Waals surface area contributed by atoms with Gasteiger partial charge in [0, 0.05) is 19.5 Å². The smallest absolute Gasteiger partial charge is 0.140 e. The molecule has 0 atom stereocenters. The van der Waals surface area contributed by atoms with E-state index in [1.54, 1.807) is 7.11 Å². The lowest BCUT2D eigenvalue weighted by molar-refractivity contribution is 0.283. The normalized spacial score (nSPS) is 11.8. The van der Waals surface area contributed by atoms with Gasteiger partial charge in [-0.15, -0.1) is 0 Å². The summed E-state index contributed by atoms with van der Waals surface area (Å²) in [6.07, 6.45) is 0.570. The predicted molar refractivity (Wildman–Crippen MR) is 72.0 cm³/mol. The molecule has 0 heterocycles. The fourth-order valence-electron chi connectivity index (χ4n) is 1.66. The summed E-state index contributed by atoms with van der Waals surface area (Å²) >= 11 is 0. The largest absolute Gasteiger partial charge is 0.497 e. The van der Waals surface area contributed by atoms with E-state index in [0.717, 1.165) is 25.4 Å². The van der Waals surface area contributed by atoms with E-state index in [1.807, 2.05) is 24.3 Å². The molecule has 1 aromatic rings. The Balaban J connectivity index is 2.51. The Hall–Kier alpha value is -1.75. The van der Waals surface area contributed by atoms with Gasteiger partial charge in [0.05, 0.1) is 7.11 Å². The third-order valence-electron chi connectivity index (χ3n) is 2.83. The Morgan fingerprint density at radius 3 is 2.56 bits per heavy atom. The second kappa shape index (κ2) is 7.55. The minimum atomic E-state index is 0.267. The number of nitrogens with two attached hydrogens (primary N) is 1. The number of methoxy groups -OCH3 is 1. The van der Waals surface area contributed by atoms with Gasteiger partial charge in [0.1, 0.15) is 11.6 Å². The van der Waals surface area contributed by atoms with Crippen LogP contribution in [-0.2, 0) is 6.54 Å². The van der Waals surface area contributed by atoms with Gasteiger partial charge >= 0.3 is 0 Å². The minimum Gasteiger partial charge on any atom is -0.497 e. The Morgan fingerprint density at radius 2 is 2.06 bits per heavy atom. The van der Waals surface area contributed by atoms with Crippen molar-refractivity contribution < 1.29 is 9.94 Å². The zero-order chi connectivity index (χ0) is 13.4.